The molecule has 78 valence electrons. The predicted molar refractivity (Wildman–Crippen MR) is 54.2 cm³/mol. The monoisotopic (exact) mass is 208 g/mol. The van der Waals surface area contributed by atoms with E-state index in [-0.39, 0.29) is 13.1 Å². The lowest BCUT2D eigenvalue weighted by atomic mass is 10.2. The summed E-state index contributed by atoms with van der Waals surface area (Å²) in [5, 5.41) is 0. The Morgan fingerprint density at radius 1 is 1.33 bits per heavy atom. The van der Waals surface area contributed by atoms with Crippen LogP contribution in [0.3, 0.4) is 0 Å². The van der Waals surface area contributed by atoms with Gasteiger partial charge in [-0.3, -0.25) is 4.98 Å². The van der Waals surface area contributed by atoms with Crippen LogP contribution in [-0.4, -0.2) is 30.4 Å². The number of rotatable bonds is 1. The number of nitrogens with zero attached hydrogens (tertiary/aromatic N) is 2. The molecule has 1 aliphatic rings. The Labute approximate surface area is 86.9 Å². The van der Waals surface area contributed by atoms with Crippen molar-refractivity contribution >= 4 is 5.69 Å². The average Bonchev–Trinajstić information content (AvgIpc) is 2.59. The number of hydrogen-bond donors (Lipinski definition) is 0. The van der Waals surface area contributed by atoms with Crippen LogP contribution in [0, 0.1) is 12.3 Å². The van der Waals surface area contributed by atoms with Crippen molar-refractivity contribution in [3.63, 3.8) is 0 Å². The normalized spacial score (nSPS) is 25.3. The molecule has 1 aromatic rings. The van der Waals surface area contributed by atoms with Gasteiger partial charge in [0.1, 0.15) is 0 Å². The van der Waals surface area contributed by atoms with Crippen LogP contribution in [0.2, 0.25) is 0 Å². The fourth-order valence-corrected chi connectivity index (χ4v) is 1.61. The first-order valence-electron chi connectivity index (χ1n) is 4.65. The van der Waals surface area contributed by atoms with Crippen molar-refractivity contribution < 1.29 is 8.78 Å². The van der Waals surface area contributed by atoms with Crippen molar-refractivity contribution in [3.8, 4) is 12.3 Å². The second kappa shape index (κ2) is 3.85. The van der Waals surface area contributed by atoms with Gasteiger partial charge in [-0.25, -0.2) is 8.78 Å². The van der Waals surface area contributed by atoms with Crippen LogP contribution in [0.1, 0.15) is 5.56 Å². The number of terminal acetylenes is 1. The van der Waals surface area contributed by atoms with Gasteiger partial charge in [0.2, 0.25) is 0 Å². The van der Waals surface area contributed by atoms with E-state index in [1.54, 1.807) is 23.4 Å². The lowest BCUT2D eigenvalue weighted by Crippen LogP contribution is -2.20. The molecule has 1 aromatic heterocycles. The van der Waals surface area contributed by atoms with E-state index in [1.165, 1.54) is 0 Å². The molecule has 0 aliphatic carbocycles. The van der Waals surface area contributed by atoms with Crippen molar-refractivity contribution in [3.05, 3.63) is 24.0 Å². The third kappa shape index (κ3) is 1.91. The van der Waals surface area contributed by atoms with E-state index in [0.29, 0.717) is 11.3 Å². The van der Waals surface area contributed by atoms with E-state index in [9.17, 15) is 8.78 Å². The molecule has 15 heavy (non-hydrogen) atoms. The minimum atomic E-state index is -1.42. The van der Waals surface area contributed by atoms with Crippen LogP contribution in [0.5, 0.6) is 0 Å². The van der Waals surface area contributed by atoms with Gasteiger partial charge in [0.15, 0.2) is 12.3 Å². The third-order valence-electron chi connectivity index (χ3n) is 2.44. The van der Waals surface area contributed by atoms with E-state index >= 15 is 0 Å². The van der Waals surface area contributed by atoms with Gasteiger partial charge in [-0.15, -0.1) is 6.42 Å². The largest absolute Gasteiger partial charge is 0.364 e. The number of halogens is 2. The summed E-state index contributed by atoms with van der Waals surface area (Å²) in [5.41, 5.74) is 1.29. The minimum Gasteiger partial charge on any atom is -0.364 e. The van der Waals surface area contributed by atoms with Crippen molar-refractivity contribution in [2.24, 2.45) is 0 Å². The number of alkyl halides is 2. The lowest BCUT2D eigenvalue weighted by molar-refractivity contribution is 0.217. The fraction of sp³-hybridized carbons (Fsp3) is 0.364. The molecule has 2 atom stereocenters. The van der Waals surface area contributed by atoms with Gasteiger partial charge in [-0.2, -0.15) is 0 Å². The zero-order chi connectivity index (χ0) is 10.8. The maximum atomic E-state index is 13.0. The van der Waals surface area contributed by atoms with Gasteiger partial charge in [-0.1, -0.05) is 5.92 Å². The molecule has 0 unspecified atom stereocenters. The standard InChI is InChI=1S/C11H10F2N2/c1-2-8-3-9(5-14-4-8)15-6-10(12)11(13)7-15/h1,3-5,10-11H,6-7H2/t10-,11-/m1/s1. The van der Waals surface area contributed by atoms with Crippen LogP contribution < -0.4 is 4.90 Å². The summed E-state index contributed by atoms with van der Waals surface area (Å²) >= 11 is 0. The summed E-state index contributed by atoms with van der Waals surface area (Å²) in [6.07, 6.45) is 5.48. The van der Waals surface area contributed by atoms with E-state index < -0.39 is 12.3 Å². The molecule has 0 bridgehead atoms. The maximum Gasteiger partial charge on any atom is 0.150 e. The zero-order valence-corrected chi connectivity index (χ0v) is 8.03. The second-order valence-electron chi connectivity index (χ2n) is 3.51. The molecular weight excluding hydrogens is 198 g/mol. The van der Waals surface area contributed by atoms with Gasteiger partial charge in [0, 0.05) is 11.8 Å². The Hall–Kier alpha value is -1.63. The molecule has 1 fully saturated rings. The highest BCUT2D eigenvalue weighted by atomic mass is 19.2. The zero-order valence-electron chi connectivity index (χ0n) is 8.03. The molecule has 2 rings (SSSR count). The highest BCUT2D eigenvalue weighted by Crippen LogP contribution is 2.23. The number of pyridine rings is 1. The van der Waals surface area contributed by atoms with Crippen LogP contribution in [-0.2, 0) is 0 Å². The molecule has 0 aromatic carbocycles. The molecule has 0 spiro atoms. The quantitative estimate of drug-likeness (QED) is 0.651. The molecule has 2 nitrogen and oxygen atoms in total. The van der Waals surface area contributed by atoms with Crippen LogP contribution in [0.15, 0.2) is 18.5 Å². The van der Waals surface area contributed by atoms with E-state index in [0.717, 1.165) is 0 Å². The molecule has 2 heterocycles. The topological polar surface area (TPSA) is 16.1 Å². The molecule has 1 saturated heterocycles. The predicted octanol–water partition coefficient (Wildman–Crippen LogP) is 1.56. The van der Waals surface area contributed by atoms with Crippen LogP contribution >= 0.6 is 0 Å². The molecule has 0 amide bonds. The van der Waals surface area contributed by atoms with Gasteiger partial charge in [0.25, 0.3) is 0 Å². The summed E-state index contributed by atoms with van der Waals surface area (Å²) in [7, 11) is 0. The Kier molecular flexibility index (Phi) is 2.55. The van der Waals surface area contributed by atoms with Gasteiger partial charge >= 0.3 is 0 Å². The van der Waals surface area contributed by atoms with Crippen molar-refractivity contribution in [2.75, 3.05) is 18.0 Å². The molecule has 0 radical (unpaired) electrons. The highest BCUT2D eigenvalue weighted by Gasteiger charge is 2.32. The van der Waals surface area contributed by atoms with Crippen LogP contribution in [0.4, 0.5) is 14.5 Å². The van der Waals surface area contributed by atoms with Gasteiger partial charge in [-0.05, 0) is 6.07 Å². The summed E-state index contributed by atoms with van der Waals surface area (Å²) in [4.78, 5) is 5.54. The smallest absolute Gasteiger partial charge is 0.150 e. The Morgan fingerprint density at radius 2 is 2.00 bits per heavy atom. The molecule has 0 saturated carbocycles. The van der Waals surface area contributed by atoms with Gasteiger partial charge in [0.05, 0.1) is 25.0 Å². The fourth-order valence-electron chi connectivity index (χ4n) is 1.61. The molecular formula is C11H10F2N2. The average molecular weight is 208 g/mol. The van der Waals surface area contributed by atoms with E-state index in [1.807, 2.05) is 0 Å². The SMILES string of the molecule is C#Cc1cncc(N2C[C@@H](F)[C@H](F)C2)c1. The number of anilines is 1. The van der Waals surface area contributed by atoms with Crippen molar-refractivity contribution in [2.45, 2.75) is 12.3 Å². The summed E-state index contributed by atoms with van der Waals surface area (Å²) < 4.78 is 25.9. The summed E-state index contributed by atoms with van der Waals surface area (Å²) in [5.74, 6) is 2.44. The lowest BCUT2D eigenvalue weighted by Gasteiger charge is -2.16. The Bertz CT molecular complexity index is 390. The van der Waals surface area contributed by atoms with E-state index in [2.05, 4.69) is 10.9 Å². The summed E-state index contributed by atoms with van der Waals surface area (Å²) in [6, 6.07) is 1.71. The first-order valence-corrected chi connectivity index (χ1v) is 4.65. The minimum absolute atomic E-state index is 0.0663. The molecule has 4 heteroatoms. The summed E-state index contributed by atoms with van der Waals surface area (Å²) in [6.45, 7) is 0.133. The van der Waals surface area contributed by atoms with Crippen LogP contribution in [0.25, 0.3) is 0 Å². The number of hydrogen-bond acceptors (Lipinski definition) is 2. The van der Waals surface area contributed by atoms with E-state index in [4.69, 9.17) is 6.42 Å². The Balaban J connectivity index is 2.21. The van der Waals surface area contributed by atoms with Gasteiger partial charge < -0.3 is 4.90 Å². The van der Waals surface area contributed by atoms with Crippen molar-refractivity contribution in [1.82, 2.24) is 4.98 Å². The second-order valence-corrected chi connectivity index (χ2v) is 3.51. The number of aromatic nitrogens is 1. The van der Waals surface area contributed by atoms with Crippen molar-refractivity contribution in [1.29, 1.82) is 0 Å². The highest BCUT2D eigenvalue weighted by molar-refractivity contribution is 5.50. The third-order valence-corrected chi connectivity index (χ3v) is 2.44. The first-order chi connectivity index (χ1) is 7.20. The molecule has 1 aliphatic heterocycles. The molecule has 0 N–H and O–H groups in total. The maximum absolute atomic E-state index is 13.0. The Morgan fingerprint density at radius 3 is 2.60 bits per heavy atom. The first kappa shape index (κ1) is 9.91.